The molecule has 0 N–H and O–H groups in total. The molecule has 1 aliphatic rings. The van der Waals surface area contributed by atoms with Gasteiger partial charge in [-0.1, -0.05) is 26.8 Å². The molecule has 0 aromatic heterocycles. The Hall–Kier alpha value is -1.89. The molecule has 2 unspecified atom stereocenters. The van der Waals surface area contributed by atoms with E-state index in [1.54, 1.807) is 26.0 Å². The summed E-state index contributed by atoms with van der Waals surface area (Å²) in [5, 5.41) is -0.152. The number of methoxy groups -OCH3 is 2. The van der Waals surface area contributed by atoms with Crippen molar-refractivity contribution in [3.8, 4) is 11.5 Å². The molecule has 0 bridgehead atoms. The number of hydrogen-bond donors (Lipinski definition) is 0. The van der Waals surface area contributed by atoms with Gasteiger partial charge >= 0.3 is 0 Å². The number of thioether (sulfide) groups is 1. The maximum Gasteiger partial charge on any atom is 0.237 e. The maximum absolute atomic E-state index is 13.0. The predicted molar refractivity (Wildman–Crippen MR) is 117 cm³/mol. The predicted octanol–water partition coefficient (Wildman–Crippen LogP) is 3.95. The third kappa shape index (κ3) is 5.59. The lowest BCUT2D eigenvalue weighted by molar-refractivity contribution is -0.135. The van der Waals surface area contributed by atoms with Gasteiger partial charge in [0.1, 0.15) is 5.37 Å². The van der Waals surface area contributed by atoms with Crippen LogP contribution in [-0.4, -0.2) is 60.7 Å². The van der Waals surface area contributed by atoms with Gasteiger partial charge in [-0.25, -0.2) is 0 Å². The third-order valence-corrected chi connectivity index (χ3v) is 6.77. The second-order valence-electron chi connectivity index (χ2n) is 7.60. The number of hydrogen-bond acceptors (Lipinski definition) is 5. The normalized spacial score (nSPS) is 19.0. The van der Waals surface area contributed by atoms with Crippen LogP contribution in [0.4, 0.5) is 0 Å². The molecule has 29 heavy (non-hydrogen) atoms. The first-order valence-electron chi connectivity index (χ1n) is 10.3. The van der Waals surface area contributed by atoms with Gasteiger partial charge in [0.2, 0.25) is 11.8 Å². The summed E-state index contributed by atoms with van der Waals surface area (Å²) in [4.78, 5) is 29.2. The summed E-state index contributed by atoms with van der Waals surface area (Å²) in [6, 6.07) is 5.80. The van der Waals surface area contributed by atoms with E-state index >= 15 is 0 Å². The van der Waals surface area contributed by atoms with Gasteiger partial charge in [0, 0.05) is 26.1 Å². The first-order valence-corrected chi connectivity index (χ1v) is 11.3. The Morgan fingerprint density at radius 2 is 1.90 bits per heavy atom. The summed E-state index contributed by atoms with van der Waals surface area (Å²) >= 11 is 1.67. The molecule has 1 aromatic rings. The van der Waals surface area contributed by atoms with Crippen LogP contribution in [0, 0.1) is 5.92 Å². The lowest BCUT2D eigenvalue weighted by atomic mass is 10.1. The third-order valence-electron chi connectivity index (χ3n) is 5.13. The van der Waals surface area contributed by atoms with Gasteiger partial charge in [-0.05, 0) is 37.0 Å². The van der Waals surface area contributed by atoms with Crippen molar-refractivity contribution in [2.45, 2.75) is 51.2 Å². The zero-order valence-electron chi connectivity index (χ0n) is 18.4. The minimum absolute atomic E-state index is 0.0606. The number of likely N-dealkylation sites (N-methyl/N-ethyl adjacent to an activating group) is 1. The average molecular weight is 423 g/mol. The molecule has 1 aromatic carbocycles. The summed E-state index contributed by atoms with van der Waals surface area (Å²) in [7, 11) is 3.22. The standard InChI is InChI=1S/C22H34N2O4S/c1-7-19-21(26)24(12-11-23(8-2)20(25)13-15(3)4)22(29-19)16-9-10-17(27-5)18(14-16)28-6/h9-10,14-15,19,22H,7-8,11-13H2,1-6H3. The second kappa shape index (κ2) is 10.8. The molecule has 162 valence electrons. The van der Waals surface area contributed by atoms with Gasteiger partial charge < -0.3 is 19.3 Å². The number of amides is 2. The van der Waals surface area contributed by atoms with Crippen molar-refractivity contribution in [1.82, 2.24) is 9.80 Å². The van der Waals surface area contributed by atoms with E-state index in [1.807, 2.05) is 55.7 Å². The van der Waals surface area contributed by atoms with Crippen LogP contribution in [-0.2, 0) is 9.59 Å². The lowest BCUT2D eigenvalue weighted by Gasteiger charge is -2.29. The zero-order valence-corrected chi connectivity index (χ0v) is 19.3. The van der Waals surface area contributed by atoms with Gasteiger partial charge in [-0.3, -0.25) is 9.59 Å². The van der Waals surface area contributed by atoms with E-state index in [-0.39, 0.29) is 22.4 Å². The van der Waals surface area contributed by atoms with Crippen molar-refractivity contribution in [1.29, 1.82) is 0 Å². The molecule has 0 spiro atoms. The van der Waals surface area contributed by atoms with Gasteiger partial charge in [0.05, 0.1) is 19.5 Å². The zero-order chi connectivity index (χ0) is 21.6. The van der Waals surface area contributed by atoms with Gasteiger partial charge in [0.25, 0.3) is 0 Å². The molecule has 7 heteroatoms. The van der Waals surface area contributed by atoms with Gasteiger partial charge in [0.15, 0.2) is 11.5 Å². The Balaban J connectivity index is 2.21. The van der Waals surface area contributed by atoms with Crippen molar-refractivity contribution < 1.29 is 19.1 Å². The van der Waals surface area contributed by atoms with Crippen molar-refractivity contribution >= 4 is 23.6 Å². The summed E-state index contributed by atoms with van der Waals surface area (Å²) in [6.45, 7) is 9.85. The highest BCUT2D eigenvalue weighted by Gasteiger charge is 2.40. The number of nitrogens with zero attached hydrogens (tertiary/aromatic N) is 2. The van der Waals surface area contributed by atoms with E-state index in [0.717, 1.165) is 12.0 Å². The Labute approximate surface area is 178 Å². The van der Waals surface area contributed by atoms with Crippen molar-refractivity contribution in [2.24, 2.45) is 5.92 Å². The monoisotopic (exact) mass is 422 g/mol. The number of rotatable bonds is 10. The van der Waals surface area contributed by atoms with E-state index in [4.69, 9.17) is 9.47 Å². The topological polar surface area (TPSA) is 59.1 Å². The summed E-state index contributed by atoms with van der Waals surface area (Å²) in [5.74, 6) is 1.94. The van der Waals surface area contributed by atoms with Crippen LogP contribution in [0.3, 0.4) is 0 Å². The number of ether oxygens (including phenoxy) is 2. The fourth-order valence-electron chi connectivity index (χ4n) is 3.52. The number of carbonyl (C=O) groups excluding carboxylic acids is 2. The second-order valence-corrected chi connectivity index (χ2v) is 8.89. The van der Waals surface area contributed by atoms with E-state index in [1.165, 1.54) is 0 Å². The van der Waals surface area contributed by atoms with Crippen molar-refractivity contribution in [3.05, 3.63) is 23.8 Å². The largest absolute Gasteiger partial charge is 0.493 e. The molecule has 0 aliphatic carbocycles. The molecular weight excluding hydrogens is 388 g/mol. The summed E-state index contributed by atoms with van der Waals surface area (Å²) in [5.41, 5.74) is 1.01. The molecule has 0 saturated carbocycles. The van der Waals surface area contributed by atoms with Crippen LogP contribution >= 0.6 is 11.8 Å². The Kier molecular flexibility index (Phi) is 8.68. The number of carbonyl (C=O) groups is 2. The molecular formula is C22H34N2O4S. The maximum atomic E-state index is 13.0. The Bertz CT molecular complexity index is 710. The van der Waals surface area contributed by atoms with Crippen LogP contribution in [0.2, 0.25) is 0 Å². The van der Waals surface area contributed by atoms with E-state index in [0.29, 0.717) is 43.5 Å². The van der Waals surface area contributed by atoms with Crippen LogP contribution in [0.5, 0.6) is 11.5 Å². The van der Waals surface area contributed by atoms with Crippen LogP contribution in [0.1, 0.15) is 51.5 Å². The molecule has 6 nitrogen and oxygen atoms in total. The molecule has 2 atom stereocenters. The fourth-order valence-corrected chi connectivity index (χ4v) is 4.93. The van der Waals surface area contributed by atoms with Crippen LogP contribution in [0.25, 0.3) is 0 Å². The summed E-state index contributed by atoms with van der Waals surface area (Å²) < 4.78 is 10.8. The number of benzene rings is 1. The Morgan fingerprint density at radius 1 is 1.21 bits per heavy atom. The van der Waals surface area contributed by atoms with Crippen LogP contribution < -0.4 is 9.47 Å². The molecule has 0 radical (unpaired) electrons. The van der Waals surface area contributed by atoms with E-state index in [2.05, 4.69) is 0 Å². The first-order chi connectivity index (χ1) is 13.9. The molecule has 1 saturated heterocycles. The van der Waals surface area contributed by atoms with E-state index in [9.17, 15) is 9.59 Å². The van der Waals surface area contributed by atoms with Crippen molar-refractivity contribution in [2.75, 3.05) is 33.9 Å². The first kappa shape index (κ1) is 23.4. The average Bonchev–Trinajstić information content (AvgIpc) is 3.03. The summed E-state index contributed by atoms with van der Waals surface area (Å²) in [6.07, 6.45) is 1.32. The molecule has 1 fully saturated rings. The highest BCUT2D eigenvalue weighted by Crippen LogP contribution is 2.45. The van der Waals surface area contributed by atoms with Crippen molar-refractivity contribution in [3.63, 3.8) is 0 Å². The quantitative estimate of drug-likeness (QED) is 0.571. The highest BCUT2D eigenvalue weighted by atomic mass is 32.2. The van der Waals surface area contributed by atoms with Crippen LogP contribution in [0.15, 0.2) is 18.2 Å². The molecule has 1 aliphatic heterocycles. The SMILES string of the molecule is CCC1SC(c2ccc(OC)c(OC)c2)N(CCN(CC)C(=O)CC(C)C)C1=O. The van der Waals surface area contributed by atoms with Gasteiger partial charge in [-0.2, -0.15) is 0 Å². The minimum atomic E-state index is -0.0915. The fraction of sp³-hybridized carbons (Fsp3) is 0.636. The molecule has 2 rings (SSSR count). The lowest BCUT2D eigenvalue weighted by Crippen LogP contribution is -2.41. The highest BCUT2D eigenvalue weighted by molar-refractivity contribution is 8.01. The molecule has 1 heterocycles. The van der Waals surface area contributed by atoms with Gasteiger partial charge in [-0.15, -0.1) is 11.8 Å². The van der Waals surface area contributed by atoms with E-state index < -0.39 is 0 Å². The smallest absolute Gasteiger partial charge is 0.237 e. The molecule has 2 amide bonds. The minimum Gasteiger partial charge on any atom is -0.493 e. The Morgan fingerprint density at radius 3 is 2.45 bits per heavy atom.